The van der Waals surface area contributed by atoms with E-state index in [-0.39, 0.29) is 10.4 Å². The summed E-state index contributed by atoms with van der Waals surface area (Å²) in [6.45, 7) is 4.13. The fourth-order valence-corrected chi connectivity index (χ4v) is 3.31. The van der Waals surface area contributed by atoms with Crippen LogP contribution < -0.4 is 10.5 Å². The summed E-state index contributed by atoms with van der Waals surface area (Å²) in [7, 11) is -3.40. The van der Waals surface area contributed by atoms with Gasteiger partial charge in [0.1, 0.15) is 5.25 Å². The minimum Gasteiger partial charge on any atom is -0.392 e. The second-order valence-electron chi connectivity index (χ2n) is 4.62. The first-order valence-corrected chi connectivity index (χ1v) is 7.56. The lowest BCUT2D eigenvalue weighted by Gasteiger charge is -2.41. The molecule has 4 nitrogen and oxygen atoms in total. The summed E-state index contributed by atoms with van der Waals surface area (Å²) in [5.41, 5.74) is 5.52. The van der Waals surface area contributed by atoms with E-state index in [0.717, 1.165) is 19.3 Å². The molecule has 0 spiro atoms. The van der Waals surface area contributed by atoms with Crippen LogP contribution >= 0.6 is 12.2 Å². The summed E-state index contributed by atoms with van der Waals surface area (Å²) in [5.74, 6) is 0. The Morgan fingerprint density at radius 3 is 2.44 bits per heavy atom. The van der Waals surface area contributed by atoms with E-state index in [2.05, 4.69) is 11.6 Å². The van der Waals surface area contributed by atoms with E-state index in [0.29, 0.717) is 6.54 Å². The van der Waals surface area contributed by atoms with Gasteiger partial charge in [-0.05, 0) is 31.6 Å². The van der Waals surface area contributed by atoms with E-state index in [1.165, 1.54) is 13.3 Å². The molecule has 0 aliphatic heterocycles. The molecule has 6 heteroatoms. The average Bonchev–Trinajstić information content (AvgIpc) is 2.15. The third kappa shape index (κ3) is 2.93. The molecule has 0 aromatic carbocycles. The smallest absolute Gasteiger partial charge is 0.220 e. The summed E-state index contributed by atoms with van der Waals surface area (Å²) in [5, 5.41) is -0.795. The SMILES string of the molecule is CCC1(CNS(=O)(=O)C(C)C(N)=S)CCC1. The second kappa shape index (κ2) is 4.98. The number of hydrogen-bond donors (Lipinski definition) is 2. The van der Waals surface area contributed by atoms with Crippen LogP contribution in [-0.2, 0) is 10.0 Å². The third-order valence-corrected chi connectivity index (χ3v) is 5.91. The van der Waals surface area contributed by atoms with Crippen LogP contribution in [0, 0.1) is 5.41 Å². The van der Waals surface area contributed by atoms with Crippen molar-refractivity contribution >= 4 is 27.2 Å². The lowest BCUT2D eigenvalue weighted by atomic mass is 9.67. The molecule has 0 aromatic rings. The van der Waals surface area contributed by atoms with Gasteiger partial charge in [-0.2, -0.15) is 0 Å². The molecule has 0 heterocycles. The first-order valence-electron chi connectivity index (χ1n) is 5.61. The summed E-state index contributed by atoms with van der Waals surface area (Å²) < 4.78 is 26.2. The Hall–Kier alpha value is -0.200. The molecule has 16 heavy (non-hydrogen) atoms. The van der Waals surface area contributed by atoms with Gasteiger partial charge in [-0.3, -0.25) is 0 Å². The highest BCUT2D eigenvalue weighted by atomic mass is 32.2. The van der Waals surface area contributed by atoms with Crippen LogP contribution in [0.4, 0.5) is 0 Å². The summed E-state index contributed by atoms with van der Waals surface area (Å²) in [4.78, 5) is 0.0201. The zero-order valence-corrected chi connectivity index (χ0v) is 11.5. The summed E-state index contributed by atoms with van der Waals surface area (Å²) >= 11 is 4.70. The van der Waals surface area contributed by atoms with E-state index in [1.54, 1.807) is 0 Å². The van der Waals surface area contributed by atoms with Gasteiger partial charge < -0.3 is 5.73 Å². The summed E-state index contributed by atoms with van der Waals surface area (Å²) in [6.07, 6.45) is 4.42. The molecule has 94 valence electrons. The average molecular weight is 264 g/mol. The van der Waals surface area contributed by atoms with Crippen LogP contribution in [0.3, 0.4) is 0 Å². The minimum absolute atomic E-state index is 0.0201. The van der Waals surface area contributed by atoms with Gasteiger partial charge in [0.05, 0.1) is 4.99 Å². The molecule has 0 amide bonds. The van der Waals surface area contributed by atoms with Crippen molar-refractivity contribution in [2.45, 2.75) is 44.8 Å². The topological polar surface area (TPSA) is 72.2 Å². The lowest BCUT2D eigenvalue weighted by Crippen LogP contribution is -2.46. The maximum absolute atomic E-state index is 11.8. The van der Waals surface area contributed by atoms with Gasteiger partial charge >= 0.3 is 0 Å². The predicted molar refractivity (Wildman–Crippen MR) is 69.7 cm³/mol. The number of nitrogens with one attached hydrogen (secondary N) is 1. The molecule has 1 atom stereocenters. The fourth-order valence-electron chi connectivity index (χ4n) is 1.86. The zero-order valence-electron chi connectivity index (χ0n) is 9.82. The highest BCUT2D eigenvalue weighted by Crippen LogP contribution is 2.43. The van der Waals surface area contributed by atoms with Crippen LogP contribution in [0.5, 0.6) is 0 Å². The van der Waals surface area contributed by atoms with Gasteiger partial charge in [-0.1, -0.05) is 25.6 Å². The van der Waals surface area contributed by atoms with Crippen LogP contribution in [0.1, 0.15) is 39.5 Å². The Bertz CT molecular complexity index is 356. The van der Waals surface area contributed by atoms with Gasteiger partial charge in [0.2, 0.25) is 10.0 Å². The molecule has 0 bridgehead atoms. The van der Waals surface area contributed by atoms with Gasteiger partial charge in [-0.25, -0.2) is 13.1 Å². The number of rotatable bonds is 6. The minimum atomic E-state index is -3.40. The van der Waals surface area contributed by atoms with Crippen LogP contribution in [0.2, 0.25) is 0 Å². The van der Waals surface area contributed by atoms with Crippen molar-refractivity contribution < 1.29 is 8.42 Å². The van der Waals surface area contributed by atoms with E-state index in [4.69, 9.17) is 18.0 Å². The molecule has 0 aromatic heterocycles. The Kier molecular flexibility index (Phi) is 4.31. The third-order valence-electron chi connectivity index (χ3n) is 3.68. The highest BCUT2D eigenvalue weighted by molar-refractivity contribution is 7.93. The monoisotopic (exact) mass is 264 g/mol. The van der Waals surface area contributed by atoms with Crippen molar-refractivity contribution in [3.63, 3.8) is 0 Å². The zero-order chi connectivity index (χ0) is 12.4. The maximum Gasteiger partial charge on any atom is 0.220 e. The van der Waals surface area contributed by atoms with E-state index >= 15 is 0 Å². The Labute approximate surface area is 103 Å². The van der Waals surface area contributed by atoms with Crippen LogP contribution in [-0.4, -0.2) is 25.2 Å². The molecular formula is C10H20N2O2S2. The molecule has 0 saturated heterocycles. The molecule has 1 aliphatic rings. The van der Waals surface area contributed by atoms with Gasteiger partial charge in [0.25, 0.3) is 0 Å². The Morgan fingerprint density at radius 2 is 2.12 bits per heavy atom. The van der Waals surface area contributed by atoms with Crippen molar-refractivity contribution in [3.8, 4) is 0 Å². The molecule has 1 saturated carbocycles. The molecular weight excluding hydrogens is 244 g/mol. The quantitative estimate of drug-likeness (QED) is 0.706. The fraction of sp³-hybridized carbons (Fsp3) is 0.900. The van der Waals surface area contributed by atoms with Gasteiger partial charge in [-0.15, -0.1) is 0 Å². The second-order valence-corrected chi connectivity index (χ2v) is 7.18. The molecule has 1 fully saturated rings. The lowest BCUT2D eigenvalue weighted by molar-refractivity contribution is 0.133. The molecule has 3 N–H and O–H groups in total. The highest BCUT2D eigenvalue weighted by Gasteiger charge is 2.36. The number of sulfonamides is 1. The van der Waals surface area contributed by atoms with Gasteiger partial charge in [0.15, 0.2) is 0 Å². The standard InChI is InChI=1S/C10H20N2O2S2/c1-3-10(5-4-6-10)7-12-16(13,14)8(2)9(11)15/h8,12H,3-7H2,1-2H3,(H2,11,15). The van der Waals surface area contributed by atoms with Crippen LogP contribution in [0.15, 0.2) is 0 Å². The number of hydrogen-bond acceptors (Lipinski definition) is 3. The Balaban J connectivity index is 2.57. The number of nitrogens with two attached hydrogens (primary N) is 1. The molecule has 1 rings (SSSR count). The largest absolute Gasteiger partial charge is 0.392 e. The maximum atomic E-state index is 11.8. The van der Waals surface area contributed by atoms with Crippen molar-refractivity contribution in [1.29, 1.82) is 0 Å². The molecule has 1 aliphatic carbocycles. The van der Waals surface area contributed by atoms with E-state index in [9.17, 15) is 8.42 Å². The molecule has 1 unspecified atom stereocenters. The molecule has 0 radical (unpaired) electrons. The van der Waals surface area contributed by atoms with Crippen molar-refractivity contribution in [2.75, 3.05) is 6.54 Å². The van der Waals surface area contributed by atoms with Crippen molar-refractivity contribution in [2.24, 2.45) is 11.1 Å². The first kappa shape index (κ1) is 13.9. The van der Waals surface area contributed by atoms with Crippen molar-refractivity contribution in [3.05, 3.63) is 0 Å². The van der Waals surface area contributed by atoms with Gasteiger partial charge in [0, 0.05) is 6.54 Å². The summed E-state index contributed by atoms with van der Waals surface area (Å²) in [6, 6.07) is 0. The number of thiocarbonyl (C=S) groups is 1. The first-order chi connectivity index (χ1) is 7.33. The van der Waals surface area contributed by atoms with Crippen LogP contribution in [0.25, 0.3) is 0 Å². The normalized spacial score (nSPS) is 21.1. The predicted octanol–water partition coefficient (Wildman–Crippen LogP) is 1.16. The van der Waals surface area contributed by atoms with E-state index < -0.39 is 15.3 Å². The van der Waals surface area contributed by atoms with Crippen molar-refractivity contribution in [1.82, 2.24) is 4.72 Å². The van der Waals surface area contributed by atoms with E-state index in [1.807, 2.05) is 0 Å². The Morgan fingerprint density at radius 1 is 1.56 bits per heavy atom.